The smallest absolute Gasteiger partial charge is 0.143 e. The van der Waals surface area contributed by atoms with Crippen molar-refractivity contribution in [3.63, 3.8) is 0 Å². The third-order valence-electron chi connectivity index (χ3n) is 11.1. The summed E-state index contributed by atoms with van der Waals surface area (Å²) < 4.78 is 80.5. The molecule has 0 spiro atoms. The van der Waals surface area contributed by atoms with Crippen LogP contribution in [0.2, 0.25) is 0 Å². The maximum atomic E-state index is 9.55. The van der Waals surface area contributed by atoms with Crippen LogP contribution in [0.4, 0.5) is 0 Å². The van der Waals surface area contributed by atoms with Crippen LogP contribution in [0.1, 0.15) is 35.9 Å². The summed E-state index contributed by atoms with van der Waals surface area (Å²) in [5, 5.41) is 4.03. The standard InChI is InChI=1S/C51H34O/c1-51(2)44-23-10-9-17-36(44)37-27-26-33(30-45(37)51)32-14-11-15-34(29-32)47-38-18-5-7-20-40(38)48(41-21-8-6-19-39(41)47)42-22-12-24-46-49(42)43-28-25-31-13-3-4-16-35(31)50(43)52-46/h3-30H,1-2H3/i5D,6D,7D,8D,18D,19D,20D,21D. The number of fused-ring (bicyclic) bond motifs is 10. The van der Waals surface area contributed by atoms with Gasteiger partial charge in [0.05, 0.1) is 11.0 Å². The van der Waals surface area contributed by atoms with Gasteiger partial charge in [0.2, 0.25) is 0 Å². The van der Waals surface area contributed by atoms with Gasteiger partial charge in [-0.15, -0.1) is 0 Å². The highest BCUT2D eigenvalue weighted by atomic mass is 16.3. The second kappa shape index (κ2) is 10.8. The molecular weight excluding hydrogens is 629 g/mol. The quantitative estimate of drug-likeness (QED) is 0.171. The Labute approximate surface area is 313 Å². The minimum absolute atomic E-state index is 0.165. The molecule has 1 aliphatic rings. The Hall–Kier alpha value is -6.44. The van der Waals surface area contributed by atoms with E-state index in [0.717, 1.165) is 27.3 Å². The lowest BCUT2D eigenvalue weighted by Crippen LogP contribution is -2.14. The molecule has 0 amide bonds. The monoisotopic (exact) mass is 670 g/mol. The minimum Gasteiger partial charge on any atom is -0.455 e. The van der Waals surface area contributed by atoms with Crippen molar-refractivity contribution >= 4 is 54.3 Å². The Morgan fingerprint density at radius 2 is 1.10 bits per heavy atom. The number of furan rings is 1. The summed E-state index contributed by atoms with van der Waals surface area (Å²) in [6, 6.07) is 37.1. The van der Waals surface area contributed by atoms with Crippen molar-refractivity contribution in [2.24, 2.45) is 0 Å². The number of rotatable bonds is 3. The maximum Gasteiger partial charge on any atom is 0.143 e. The minimum atomic E-state index is -0.439. The Kier molecular flexibility index (Phi) is 4.64. The molecule has 10 aromatic rings. The molecule has 0 N–H and O–H groups in total. The van der Waals surface area contributed by atoms with E-state index in [1.54, 1.807) is 0 Å². The molecule has 1 aliphatic carbocycles. The van der Waals surface area contributed by atoms with Crippen LogP contribution in [0.5, 0.6) is 0 Å². The lowest BCUT2D eigenvalue weighted by Gasteiger charge is -2.22. The van der Waals surface area contributed by atoms with Gasteiger partial charge in [-0.2, -0.15) is 0 Å². The van der Waals surface area contributed by atoms with E-state index in [1.165, 1.54) is 22.3 Å². The highest BCUT2D eigenvalue weighted by Gasteiger charge is 2.35. The van der Waals surface area contributed by atoms with Crippen molar-refractivity contribution in [1.82, 2.24) is 0 Å². The van der Waals surface area contributed by atoms with E-state index in [2.05, 4.69) is 56.3 Å². The highest BCUT2D eigenvalue weighted by molar-refractivity contribution is 6.27. The van der Waals surface area contributed by atoms with Gasteiger partial charge < -0.3 is 4.42 Å². The van der Waals surface area contributed by atoms with E-state index >= 15 is 0 Å². The molecule has 0 bridgehead atoms. The SMILES string of the molecule is [2H]c1c([2H])c([2H])c2c(-c3cccc4oc5c6ccccc6ccc5c34)c3c([2H])c([2H])c([2H])c([2H])c3c(-c3cccc(-c4ccc5c(c4)C(C)(C)c4ccccc4-5)c3)c2c1[2H]. The fourth-order valence-electron chi connectivity index (χ4n) is 8.68. The Balaban J connectivity index is 1.27. The van der Waals surface area contributed by atoms with Gasteiger partial charge in [0.1, 0.15) is 11.2 Å². The molecule has 1 heterocycles. The predicted octanol–water partition coefficient (Wildman–Crippen LogP) is 14.4. The average molecular weight is 671 g/mol. The van der Waals surface area contributed by atoms with Crippen molar-refractivity contribution in [3.8, 4) is 44.5 Å². The normalized spacial score (nSPS) is 15.5. The molecule has 9 aromatic carbocycles. The van der Waals surface area contributed by atoms with Gasteiger partial charge in [-0.05, 0) is 107 Å². The van der Waals surface area contributed by atoms with E-state index in [0.29, 0.717) is 38.8 Å². The lowest BCUT2D eigenvalue weighted by molar-refractivity contribution is 0.660. The van der Waals surface area contributed by atoms with Crippen LogP contribution in [-0.2, 0) is 5.41 Å². The Bertz CT molecular complexity index is 3480. The summed E-state index contributed by atoms with van der Waals surface area (Å²) in [5.41, 5.74) is 9.34. The van der Waals surface area contributed by atoms with Gasteiger partial charge in [0.25, 0.3) is 0 Å². The summed E-state index contributed by atoms with van der Waals surface area (Å²) in [6.45, 7) is 4.46. The van der Waals surface area contributed by atoms with Gasteiger partial charge in [-0.1, -0.05) is 159 Å². The van der Waals surface area contributed by atoms with Crippen LogP contribution in [0.25, 0.3) is 98.8 Å². The molecular formula is C51H34O. The summed E-state index contributed by atoms with van der Waals surface area (Å²) in [5.74, 6) is 0. The molecule has 244 valence electrons. The first-order valence-electron chi connectivity index (χ1n) is 21.5. The topological polar surface area (TPSA) is 13.1 Å². The predicted molar refractivity (Wildman–Crippen MR) is 220 cm³/mol. The number of hydrogen-bond donors (Lipinski definition) is 0. The van der Waals surface area contributed by atoms with Gasteiger partial charge >= 0.3 is 0 Å². The molecule has 1 aromatic heterocycles. The fraction of sp³-hybridized carbons (Fsp3) is 0.0588. The van der Waals surface area contributed by atoms with Crippen LogP contribution >= 0.6 is 0 Å². The first kappa shape index (κ1) is 22.4. The molecule has 11 rings (SSSR count). The first-order chi connectivity index (χ1) is 28.9. The lowest BCUT2D eigenvalue weighted by atomic mass is 9.81. The van der Waals surface area contributed by atoms with Crippen LogP contribution in [-0.4, -0.2) is 0 Å². The summed E-state index contributed by atoms with van der Waals surface area (Å²) in [7, 11) is 0. The van der Waals surface area contributed by atoms with Crippen LogP contribution in [0, 0.1) is 0 Å². The van der Waals surface area contributed by atoms with Gasteiger partial charge in [-0.3, -0.25) is 0 Å². The van der Waals surface area contributed by atoms with E-state index in [9.17, 15) is 5.48 Å². The molecule has 0 saturated carbocycles. The summed E-state index contributed by atoms with van der Waals surface area (Å²) in [6.07, 6.45) is 0. The second-order valence-electron chi connectivity index (χ2n) is 14.2. The van der Waals surface area contributed by atoms with Crippen molar-refractivity contribution < 1.29 is 15.4 Å². The molecule has 0 saturated heterocycles. The molecule has 0 fully saturated rings. The summed E-state index contributed by atoms with van der Waals surface area (Å²) in [4.78, 5) is 0. The number of hydrogen-bond acceptors (Lipinski definition) is 1. The Morgan fingerprint density at radius 3 is 1.90 bits per heavy atom. The molecule has 0 atom stereocenters. The van der Waals surface area contributed by atoms with Crippen LogP contribution in [0.15, 0.2) is 174 Å². The highest BCUT2D eigenvalue weighted by Crippen LogP contribution is 2.51. The number of benzene rings is 9. The van der Waals surface area contributed by atoms with E-state index in [-0.39, 0.29) is 51.1 Å². The van der Waals surface area contributed by atoms with Crippen molar-refractivity contribution in [1.29, 1.82) is 0 Å². The van der Waals surface area contributed by atoms with Crippen molar-refractivity contribution in [2.45, 2.75) is 19.3 Å². The van der Waals surface area contributed by atoms with Gasteiger partial charge in [-0.25, -0.2) is 0 Å². The van der Waals surface area contributed by atoms with Crippen LogP contribution < -0.4 is 0 Å². The first-order valence-corrected chi connectivity index (χ1v) is 17.5. The zero-order valence-electron chi connectivity index (χ0n) is 36.5. The molecule has 1 nitrogen and oxygen atoms in total. The van der Waals surface area contributed by atoms with Crippen molar-refractivity contribution in [2.75, 3.05) is 0 Å². The van der Waals surface area contributed by atoms with Gasteiger partial charge in [0, 0.05) is 21.6 Å². The largest absolute Gasteiger partial charge is 0.455 e. The third kappa shape index (κ3) is 4.05. The Morgan fingerprint density at radius 1 is 0.462 bits per heavy atom. The second-order valence-corrected chi connectivity index (χ2v) is 14.2. The molecule has 52 heavy (non-hydrogen) atoms. The average Bonchev–Trinajstić information content (AvgIpc) is 3.77. The summed E-state index contributed by atoms with van der Waals surface area (Å²) >= 11 is 0. The van der Waals surface area contributed by atoms with E-state index in [1.807, 2.05) is 78.9 Å². The molecule has 0 unspecified atom stereocenters. The van der Waals surface area contributed by atoms with E-state index < -0.39 is 24.2 Å². The van der Waals surface area contributed by atoms with E-state index in [4.69, 9.17) is 9.90 Å². The van der Waals surface area contributed by atoms with Crippen molar-refractivity contribution in [3.05, 3.63) is 181 Å². The van der Waals surface area contributed by atoms with Gasteiger partial charge in [0.15, 0.2) is 0 Å². The molecule has 0 radical (unpaired) electrons. The fourth-order valence-corrected chi connectivity index (χ4v) is 8.68. The molecule has 0 aliphatic heterocycles. The molecule has 1 heteroatoms. The maximum absolute atomic E-state index is 9.55. The zero-order valence-corrected chi connectivity index (χ0v) is 28.5. The van der Waals surface area contributed by atoms with Crippen LogP contribution in [0.3, 0.4) is 0 Å². The zero-order chi connectivity index (χ0) is 41.5. The third-order valence-corrected chi connectivity index (χ3v) is 11.1.